The highest BCUT2D eigenvalue weighted by atomic mass is 35.5. The molecule has 0 spiro atoms. The number of carbonyl (C=O) groups is 1. The van der Waals surface area contributed by atoms with Crippen LogP contribution in [-0.4, -0.2) is 41.7 Å². The molecule has 3 aromatic rings. The Kier molecular flexibility index (Phi) is 5.59. The van der Waals surface area contributed by atoms with Crippen LogP contribution in [0, 0.1) is 5.82 Å². The average molecular weight is 432 g/mol. The third-order valence-corrected chi connectivity index (χ3v) is 5.34. The summed E-state index contributed by atoms with van der Waals surface area (Å²) in [5.74, 6) is 1.05. The Labute approximate surface area is 177 Å². The molecule has 7 nitrogen and oxygen atoms in total. The van der Waals surface area contributed by atoms with Gasteiger partial charge in [-0.25, -0.2) is 4.39 Å². The molecular formula is C21H19ClFN3O4. The van der Waals surface area contributed by atoms with E-state index in [1.54, 1.807) is 37.3 Å². The van der Waals surface area contributed by atoms with Gasteiger partial charge in [-0.05, 0) is 49.2 Å². The first kappa shape index (κ1) is 20.2. The van der Waals surface area contributed by atoms with E-state index >= 15 is 0 Å². The number of likely N-dealkylation sites (tertiary alicyclic amines) is 1. The van der Waals surface area contributed by atoms with Crippen molar-refractivity contribution >= 4 is 17.5 Å². The molecule has 0 bridgehead atoms. The summed E-state index contributed by atoms with van der Waals surface area (Å²) in [6.07, 6.45) is 1.48. The van der Waals surface area contributed by atoms with Crippen LogP contribution in [0.1, 0.15) is 35.1 Å². The largest absolute Gasteiger partial charge is 0.493 e. The lowest BCUT2D eigenvalue weighted by Gasteiger charge is -2.22. The first-order chi connectivity index (χ1) is 14.5. The molecule has 1 fully saturated rings. The van der Waals surface area contributed by atoms with Gasteiger partial charge < -0.3 is 18.9 Å². The molecule has 0 N–H and O–H groups in total. The molecule has 2 heterocycles. The lowest BCUT2D eigenvalue weighted by molar-refractivity contribution is 0.0710. The topological polar surface area (TPSA) is 77.7 Å². The van der Waals surface area contributed by atoms with Crippen molar-refractivity contribution in [2.45, 2.75) is 18.9 Å². The van der Waals surface area contributed by atoms with E-state index < -0.39 is 5.82 Å². The van der Waals surface area contributed by atoms with Crippen LogP contribution in [0.3, 0.4) is 0 Å². The van der Waals surface area contributed by atoms with Crippen molar-refractivity contribution in [3.05, 3.63) is 58.7 Å². The van der Waals surface area contributed by atoms with Crippen molar-refractivity contribution in [1.82, 2.24) is 15.0 Å². The zero-order chi connectivity index (χ0) is 21.3. The SMILES string of the molecule is COc1ccc(-c2noc([C@H]3CCCN3C(=O)c3ccc(F)c(Cl)c3)n2)cc1OC. The Morgan fingerprint density at radius 2 is 2.00 bits per heavy atom. The number of aromatic nitrogens is 2. The Hall–Kier alpha value is -3.13. The van der Waals surface area contributed by atoms with Crippen LogP contribution >= 0.6 is 11.6 Å². The summed E-state index contributed by atoms with van der Waals surface area (Å²) in [7, 11) is 3.11. The van der Waals surface area contributed by atoms with E-state index in [0.29, 0.717) is 47.3 Å². The number of hydrogen-bond acceptors (Lipinski definition) is 6. The van der Waals surface area contributed by atoms with Gasteiger partial charge in [0.05, 0.1) is 19.2 Å². The van der Waals surface area contributed by atoms with Crippen LogP contribution in [0.2, 0.25) is 5.02 Å². The zero-order valence-corrected chi connectivity index (χ0v) is 17.1. The van der Waals surface area contributed by atoms with Crippen molar-refractivity contribution in [2.75, 3.05) is 20.8 Å². The molecule has 1 aliphatic heterocycles. The van der Waals surface area contributed by atoms with Gasteiger partial charge in [0.25, 0.3) is 5.91 Å². The standard InChI is InChI=1S/C21H19ClFN3O4/c1-28-17-8-6-12(11-18(17)29-2)19-24-20(30-25-19)16-4-3-9-26(16)21(27)13-5-7-15(23)14(22)10-13/h5-8,10-11,16H,3-4,9H2,1-2H3/t16-/m1/s1. The number of benzene rings is 2. The predicted octanol–water partition coefficient (Wildman–Crippen LogP) is 4.52. The molecule has 0 aliphatic carbocycles. The number of methoxy groups -OCH3 is 2. The maximum absolute atomic E-state index is 13.4. The molecule has 0 saturated carbocycles. The van der Waals surface area contributed by atoms with Gasteiger partial charge >= 0.3 is 0 Å². The Balaban J connectivity index is 1.59. The summed E-state index contributed by atoms with van der Waals surface area (Å²) in [6, 6.07) is 8.89. The van der Waals surface area contributed by atoms with Gasteiger partial charge in [0.1, 0.15) is 11.9 Å². The van der Waals surface area contributed by atoms with E-state index in [0.717, 1.165) is 6.42 Å². The summed E-state index contributed by atoms with van der Waals surface area (Å²) in [5, 5.41) is 3.97. The lowest BCUT2D eigenvalue weighted by atomic mass is 10.1. The second-order valence-corrected chi connectivity index (χ2v) is 7.22. The molecule has 0 radical (unpaired) electrons. The van der Waals surface area contributed by atoms with Crippen LogP contribution in [0.15, 0.2) is 40.9 Å². The minimum absolute atomic E-state index is 0.0925. The van der Waals surface area contributed by atoms with E-state index in [4.69, 9.17) is 25.6 Å². The summed E-state index contributed by atoms with van der Waals surface area (Å²) < 4.78 is 29.5. The van der Waals surface area contributed by atoms with Crippen LogP contribution in [0.4, 0.5) is 4.39 Å². The number of ether oxygens (including phenoxy) is 2. The van der Waals surface area contributed by atoms with E-state index in [-0.39, 0.29) is 17.0 Å². The van der Waals surface area contributed by atoms with Gasteiger partial charge in [-0.15, -0.1) is 0 Å². The fourth-order valence-electron chi connectivity index (χ4n) is 3.52. The average Bonchev–Trinajstić information content (AvgIpc) is 3.44. The van der Waals surface area contributed by atoms with E-state index in [1.165, 1.54) is 18.2 Å². The second-order valence-electron chi connectivity index (χ2n) is 6.81. The number of halogens is 2. The molecule has 1 saturated heterocycles. The third-order valence-electron chi connectivity index (χ3n) is 5.05. The van der Waals surface area contributed by atoms with Crippen LogP contribution in [0.5, 0.6) is 11.5 Å². The normalized spacial score (nSPS) is 16.0. The first-order valence-corrected chi connectivity index (χ1v) is 9.71. The molecule has 1 aromatic heterocycles. The highest BCUT2D eigenvalue weighted by Gasteiger charge is 2.35. The first-order valence-electron chi connectivity index (χ1n) is 9.34. The summed E-state index contributed by atoms with van der Waals surface area (Å²) in [5.41, 5.74) is 1.01. The molecule has 156 valence electrons. The maximum Gasteiger partial charge on any atom is 0.254 e. The fourth-order valence-corrected chi connectivity index (χ4v) is 3.71. The van der Waals surface area contributed by atoms with Gasteiger partial charge in [0.15, 0.2) is 11.5 Å². The molecule has 9 heteroatoms. The molecule has 1 atom stereocenters. The zero-order valence-electron chi connectivity index (χ0n) is 16.4. The predicted molar refractivity (Wildman–Crippen MR) is 107 cm³/mol. The molecule has 2 aromatic carbocycles. The van der Waals surface area contributed by atoms with Crippen molar-refractivity contribution in [3.8, 4) is 22.9 Å². The third kappa shape index (κ3) is 3.70. The summed E-state index contributed by atoms with van der Waals surface area (Å²) in [6.45, 7) is 0.534. The Morgan fingerprint density at radius 1 is 1.20 bits per heavy atom. The molecule has 4 rings (SSSR count). The lowest BCUT2D eigenvalue weighted by Crippen LogP contribution is -2.30. The number of carbonyl (C=O) groups excluding carboxylic acids is 1. The fraction of sp³-hybridized carbons (Fsp3) is 0.286. The van der Waals surface area contributed by atoms with Crippen LogP contribution in [-0.2, 0) is 0 Å². The summed E-state index contributed by atoms with van der Waals surface area (Å²) in [4.78, 5) is 19.1. The van der Waals surface area contributed by atoms with Crippen LogP contribution in [0.25, 0.3) is 11.4 Å². The van der Waals surface area contributed by atoms with Gasteiger partial charge in [-0.3, -0.25) is 4.79 Å². The number of hydrogen-bond donors (Lipinski definition) is 0. The van der Waals surface area contributed by atoms with E-state index in [2.05, 4.69) is 10.1 Å². The molecule has 30 heavy (non-hydrogen) atoms. The number of nitrogens with zero attached hydrogens (tertiary/aromatic N) is 3. The summed E-state index contributed by atoms with van der Waals surface area (Å²) >= 11 is 5.83. The van der Waals surface area contributed by atoms with Crippen molar-refractivity contribution in [2.24, 2.45) is 0 Å². The smallest absolute Gasteiger partial charge is 0.254 e. The van der Waals surface area contributed by atoms with Crippen molar-refractivity contribution in [1.29, 1.82) is 0 Å². The van der Waals surface area contributed by atoms with Crippen molar-refractivity contribution in [3.63, 3.8) is 0 Å². The minimum Gasteiger partial charge on any atom is -0.493 e. The minimum atomic E-state index is -0.567. The quantitative estimate of drug-likeness (QED) is 0.591. The van der Waals surface area contributed by atoms with Gasteiger partial charge in [0.2, 0.25) is 11.7 Å². The molecular weight excluding hydrogens is 413 g/mol. The maximum atomic E-state index is 13.4. The molecule has 0 unspecified atom stereocenters. The Bertz CT molecular complexity index is 1090. The highest BCUT2D eigenvalue weighted by Crippen LogP contribution is 2.35. The highest BCUT2D eigenvalue weighted by molar-refractivity contribution is 6.31. The van der Waals surface area contributed by atoms with Crippen LogP contribution < -0.4 is 9.47 Å². The van der Waals surface area contributed by atoms with Gasteiger partial charge in [-0.1, -0.05) is 16.8 Å². The van der Waals surface area contributed by atoms with E-state index in [9.17, 15) is 9.18 Å². The molecule has 1 amide bonds. The Morgan fingerprint density at radius 3 is 2.73 bits per heavy atom. The van der Waals surface area contributed by atoms with Gasteiger partial charge in [0, 0.05) is 17.7 Å². The van der Waals surface area contributed by atoms with E-state index in [1.807, 2.05) is 0 Å². The van der Waals surface area contributed by atoms with Gasteiger partial charge in [-0.2, -0.15) is 4.98 Å². The monoisotopic (exact) mass is 431 g/mol. The second kappa shape index (κ2) is 8.31. The molecule has 1 aliphatic rings. The number of rotatable bonds is 5. The number of amides is 1. The van der Waals surface area contributed by atoms with Crippen molar-refractivity contribution < 1.29 is 23.2 Å².